The first-order chi connectivity index (χ1) is 13.8. The number of hydrogen-bond donors (Lipinski definition) is 2. The van der Waals surface area contributed by atoms with Gasteiger partial charge in [0.25, 0.3) is 0 Å². The van der Waals surface area contributed by atoms with E-state index in [9.17, 15) is 18.4 Å². The Balaban J connectivity index is 1.25. The molecule has 0 aromatic heterocycles. The molecule has 4 bridgehead atoms. The van der Waals surface area contributed by atoms with Crippen LogP contribution < -0.4 is 15.4 Å². The number of amides is 2. The maximum absolute atomic E-state index is 12.5. The highest BCUT2D eigenvalue weighted by molar-refractivity contribution is 6.32. The fraction of sp³-hybridized carbons (Fsp3) is 0.619. The van der Waals surface area contributed by atoms with Crippen LogP contribution in [0.1, 0.15) is 44.9 Å². The van der Waals surface area contributed by atoms with Gasteiger partial charge in [-0.25, -0.2) is 0 Å². The van der Waals surface area contributed by atoms with Gasteiger partial charge in [0.05, 0.1) is 11.6 Å². The molecular weight excluding hydrogens is 402 g/mol. The molecule has 0 atom stereocenters. The van der Waals surface area contributed by atoms with Crippen LogP contribution in [0.25, 0.3) is 0 Å². The molecule has 0 aliphatic heterocycles. The third-order valence-corrected chi connectivity index (χ3v) is 6.87. The molecule has 2 N–H and O–H groups in total. The Labute approximate surface area is 173 Å². The van der Waals surface area contributed by atoms with Crippen molar-refractivity contribution in [3.63, 3.8) is 0 Å². The van der Waals surface area contributed by atoms with E-state index < -0.39 is 12.5 Å². The van der Waals surface area contributed by atoms with E-state index in [1.165, 1.54) is 37.5 Å². The molecule has 29 heavy (non-hydrogen) atoms. The zero-order chi connectivity index (χ0) is 20.6. The van der Waals surface area contributed by atoms with E-state index in [0.717, 1.165) is 37.0 Å². The van der Waals surface area contributed by atoms with Gasteiger partial charge in [0, 0.05) is 12.1 Å². The van der Waals surface area contributed by atoms with Crippen LogP contribution in [0.3, 0.4) is 0 Å². The lowest BCUT2D eigenvalue weighted by molar-refractivity contribution is -0.131. The van der Waals surface area contributed by atoms with Gasteiger partial charge in [-0.2, -0.15) is 8.78 Å². The highest BCUT2D eigenvalue weighted by Crippen LogP contribution is 2.61. The second kappa shape index (κ2) is 8.09. The number of rotatable bonds is 7. The molecule has 1 aromatic carbocycles. The summed E-state index contributed by atoms with van der Waals surface area (Å²) in [6.45, 7) is -3.12. The van der Waals surface area contributed by atoms with Crippen molar-refractivity contribution in [1.82, 2.24) is 5.32 Å². The van der Waals surface area contributed by atoms with Crippen LogP contribution in [0.15, 0.2) is 18.2 Å². The molecule has 8 heteroatoms. The molecule has 0 unspecified atom stereocenters. The first-order valence-corrected chi connectivity index (χ1v) is 10.5. The molecule has 158 valence electrons. The minimum Gasteiger partial charge on any atom is -0.433 e. The fourth-order valence-electron chi connectivity index (χ4n) is 6.06. The van der Waals surface area contributed by atoms with E-state index in [4.69, 9.17) is 11.6 Å². The molecule has 0 saturated heterocycles. The van der Waals surface area contributed by atoms with E-state index in [-0.39, 0.29) is 28.6 Å². The van der Waals surface area contributed by atoms with Crippen LogP contribution in [0.4, 0.5) is 14.5 Å². The van der Waals surface area contributed by atoms with Gasteiger partial charge in [-0.05, 0) is 79.9 Å². The lowest BCUT2D eigenvalue weighted by atomic mass is 9.49. The Morgan fingerprint density at radius 3 is 2.28 bits per heavy atom. The van der Waals surface area contributed by atoms with Gasteiger partial charge in [0.1, 0.15) is 5.75 Å². The third kappa shape index (κ3) is 4.82. The van der Waals surface area contributed by atoms with E-state index >= 15 is 0 Å². The zero-order valence-electron chi connectivity index (χ0n) is 16.1. The number of carbonyl (C=O) groups excluding carboxylic acids is 2. The molecule has 0 heterocycles. The number of halogens is 3. The molecule has 4 aliphatic carbocycles. The molecule has 5 nitrogen and oxygen atoms in total. The van der Waals surface area contributed by atoms with Gasteiger partial charge in [-0.3, -0.25) is 9.59 Å². The summed E-state index contributed by atoms with van der Waals surface area (Å²) in [5.41, 5.74) is 0.473. The van der Waals surface area contributed by atoms with Crippen molar-refractivity contribution in [2.45, 2.75) is 51.6 Å². The zero-order valence-corrected chi connectivity index (χ0v) is 16.8. The summed E-state index contributed by atoms with van der Waals surface area (Å²) in [6, 6.07) is 4.00. The van der Waals surface area contributed by atoms with Gasteiger partial charge in [0.2, 0.25) is 11.8 Å². The Morgan fingerprint density at radius 1 is 1.10 bits per heavy atom. The van der Waals surface area contributed by atoms with Crippen LogP contribution in [-0.2, 0) is 9.59 Å². The number of benzene rings is 1. The van der Waals surface area contributed by atoms with E-state index in [2.05, 4.69) is 15.4 Å². The molecule has 1 aromatic rings. The van der Waals surface area contributed by atoms with Crippen molar-refractivity contribution in [1.29, 1.82) is 0 Å². The first kappa shape index (κ1) is 20.4. The van der Waals surface area contributed by atoms with Crippen molar-refractivity contribution < 1.29 is 23.1 Å². The van der Waals surface area contributed by atoms with Crippen molar-refractivity contribution in [2.24, 2.45) is 23.2 Å². The van der Waals surface area contributed by atoms with Crippen molar-refractivity contribution >= 4 is 29.1 Å². The quantitative estimate of drug-likeness (QED) is 0.669. The van der Waals surface area contributed by atoms with Crippen LogP contribution >= 0.6 is 11.6 Å². The number of hydrogen-bond acceptors (Lipinski definition) is 3. The Kier molecular flexibility index (Phi) is 5.69. The number of alkyl halides is 2. The maximum atomic E-state index is 12.5. The Morgan fingerprint density at radius 2 is 1.72 bits per heavy atom. The minimum absolute atomic E-state index is 0.0334. The monoisotopic (exact) mass is 426 g/mol. The summed E-state index contributed by atoms with van der Waals surface area (Å²) in [5.74, 6) is 1.68. The van der Waals surface area contributed by atoms with Crippen LogP contribution in [0, 0.1) is 23.2 Å². The van der Waals surface area contributed by atoms with Crippen LogP contribution in [0.5, 0.6) is 5.75 Å². The summed E-state index contributed by atoms with van der Waals surface area (Å²) in [6.07, 6.45) is 7.90. The Bertz CT molecular complexity index is 767. The van der Waals surface area contributed by atoms with Crippen molar-refractivity contribution in [3.05, 3.63) is 23.2 Å². The summed E-state index contributed by atoms with van der Waals surface area (Å²) in [5, 5.41) is 5.29. The molecule has 4 fully saturated rings. The lowest BCUT2D eigenvalue weighted by Gasteiger charge is -2.56. The van der Waals surface area contributed by atoms with Gasteiger partial charge in [-0.15, -0.1) is 0 Å². The van der Waals surface area contributed by atoms with E-state index in [1.54, 1.807) is 0 Å². The number of nitrogens with one attached hydrogen (secondary N) is 2. The number of carbonyl (C=O) groups is 2. The predicted octanol–water partition coefficient (Wildman–Crippen LogP) is 4.60. The normalized spacial score (nSPS) is 29.7. The topological polar surface area (TPSA) is 67.4 Å². The maximum Gasteiger partial charge on any atom is 0.387 e. The fourth-order valence-corrected chi connectivity index (χ4v) is 6.29. The van der Waals surface area contributed by atoms with Crippen molar-refractivity contribution in [2.75, 3.05) is 11.9 Å². The van der Waals surface area contributed by atoms with Gasteiger partial charge in [0.15, 0.2) is 0 Å². The molecule has 5 rings (SSSR count). The smallest absolute Gasteiger partial charge is 0.387 e. The lowest BCUT2D eigenvalue weighted by Crippen LogP contribution is -2.48. The molecule has 4 saturated carbocycles. The molecular formula is C21H25ClF2N2O3. The van der Waals surface area contributed by atoms with Gasteiger partial charge in [-0.1, -0.05) is 11.6 Å². The highest BCUT2D eigenvalue weighted by Gasteiger charge is 2.51. The van der Waals surface area contributed by atoms with Crippen molar-refractivity contribution in [3.8, 4) is 5.75 Å². The van der Waals surface area contributed by atoms with E-state index in [0.29, 0.717) is 12.1 Å². The second-order valence-electron chi connectivity index (χ2n) is 8.94. The van der Waals surface area contributed by atoms with Gasteiger partial charge >= 0.3 is 6.61 Å². The average molecular weight is 427 g/mol. The first-order valence-electron chi connectivity index (χ1n) is 10.1. The molecule has 0 radical (unpaired) electrons. The number of ether oxygens (including phenoxy) is 1. The predicted molar refractivity (Wildman–Crippen MR) is 105 cm³/mol. The molecule has 0 spiro atoms. The minimum atomic E-state index is -2.97. The SMILES string of the molecule is O=C(CC12CC3CC(CC(C3)C1)C2)NCC(=O)Nc1ccc(OC(F)F)c(Cl)c1. The van der Waals surface area contributed by atoms with Gasteiger partial charge < -0.3 is 15.4 Å². The third-order valence-electron chi connectivity index (χ3n) is 6.58. The number of anilines is 1. The molecule has 2 amide bonds. The summed E-state index contributed by atoms with van der Waals surface area (Å²) >= 11 is 5.88. The summed E-state index contributed by atoms with van der Waals surface area (Å²) in [4.78, 5) is 24.6. The van der Waals surface area contributed by atoms with Crippen LogP contribution in [-0.4, -0.2) is 25.0 Å². The second-order valence-corrected chi connectivity index (χ2v) is 9.35. The standard InChI is InChI=1S/C21H25ClF2N2O3/c22-16-6-15(1-2-17(16)29-20(23)24)26-19(28)11-25-18(27)10-21-7-12-3-13(8-21)5-14(4-12)9-21/h1-2,6,12-14,20H,3-5,7-11H2,(H,25,27)(H,26,28). The summed E-state index contributed by atoms with van der Waals surface area (Å²) in [7, 11) is 0. The summed E-state index contributed by atoms with van der Waals surface area (Å²) < 4.78 is 28.8. The average Bonchev–Trinajstić information content (AvgIpc) is 2.60. The molecule has 4 aliphatic rings. The van der Waals surface area contributed by atoms with E-state index in [1.807, 2.05) is 0 Å². The largest absolute Gasteiger partial charge is 0.433 e. The Hall–Kier alpha value is -1.89. The highest BCUT2D eigenvalue weighted by atomic mass is 35.5. The van der Waals surface area contributed by atoms with Crippen LogP contribution in [0.2, 0.25) is 5.02 Å².